The zero-order valence-corrected chi connectivity index (χ0v) is 10.8. The van der Waals surface area contributed by atoms with Crippen molar-refractivity contribution in [1.82, 2.24) is 20.1 Å². The van der Waals surface area contributed by atoms with Crippen molar-refractivity contribution in [1.29, 1.82) is 0 Å². The van der Waals surface area contributed by atoms with Crippen molar-refractivity contribution in [3.63, 3.8) is 0 Å². The first-order chi connectivity index (χ1) is 8.90. The summed E-state index contributed by atoms with van der Waals surface area (Å²) in [7, 11) is 1.77. The summed E-state index contributed by atoms with van der Waals surface area (Å²) in [4.78, 5) is 26.7. The Balaban J connectivity index is 2.33. The van der Waals surface area contributed by atoms with E-state index in [9.17, 15) is 9.59 Å². The zero-order valence-electron chi connectivity index (χ0n) is 10.8. The van der Waals surface area contributed by atoms with Crippen LogP contribution < -0.4 is 5.32 Å². The summed E-state index contributed by atoms with van der Waals surface area (Å²) < 4.78 is 1.63. The van der Waals surface area contributed by atoms with E-state index in [4.69, 9.17) is 5.11 Å². The molecule has 2 heterocycles. The predicted molar refractivity (Wildman–Crippen MR) is 67.8 cm³/mol. The monoisotopic (exact) mass is 262 g/mol. The number of nitrogens with zero attached hydrogens (tertiary/aromatic N) is 3. The molecule has 0 spiro atoms. The number of rotatable bonds is 3. The summed E-state index contributed by atoms with van der Waals surface area (Å²) in [6.07, 6.45) is 1.41. The van der Waals surface area contributed by atoms with Gasteiger partial charge in [-0.05, 0) is 19.9 Å². The number of nitrogens with one attached hydrogen (secondary N) is 1. The van der Waals surface area contributed by atoms with Crippen LogP contribution in [0.15, 0.2) is 12.3 Å². The molecule has 0 aliphatic heterocycles. The highest BCUT2D eigenvalue weighted by molar-refractivity contribution is 5.98. The van der Waals surface area contributed by atoms with Gasteiger partial charge in [0.15, 0.2) is 5.65 Å². The van der Waals surface area contributed by atoms with Crippen molar-refractivity contribution in [2.24, 2.45) is 7.05 Å². The molecule has 0 aromatic carbocycles. The van der Waals surface area contributed by atoms with Crippen LogP contribution in [0.1, 0.15) is 23.0 Å². The zero-order chi connectivity index (χ0) is 14.2. The molecule has 0 aliphatic carbocycles. The summed E-state index contributed by atoms with van der Waals surface area (Å²) in [5.74, 6) is -1.55. The van der Waals surface area contributed by atoms with Gasteiger partial charge in [-0.15, -0.1) is 0 Å². The van der Waals surface area contributed by atoms with Crippen LogP contribution in [0, 0.1) is 6.92 Å². The van der Waals surface area contributed by atoms with Crippen LogP contribution in [0.3, 0.4) is 0 Å². The van der Waals surface area contributed by atoms with Crippen molar-refractivity contribution >= 4 is 22.9 Å². The highest BCUT2D eigenvalue weighted by atomic mass is 16.4. The van der Waals surface area contributed by atoms with Gasteiger partial charge in [0.2, 0.25) is 0 Å². The Labute approximate surface area is 109 Å². The third-order valence-electron chi connectivity index (χ3n) is 2.84. The van der Waals surface area contributed by atoms with Gasteiger partial charge in [0.25, 0.3) is 5.91 Å². The summed E-state index contributed by atoms with van der Waals surface area (Å²) in [6, 6.07) is 0.715. The van der Waals surface area contributed by atoms with Crippen LogP contribution in [0.4, 0.5) is 0 Å². The molecule has 0 saturated carbocycles. The molecule has 2 rings (SSSR count). The van der Waals surface area contributed by atoms with Crippen molar-refractivity contribution in [3.05, 3.63) is 23.5 Å². The molecule has 0 radical (unpaired) electrons. The Morgan fingerprint density at radius 1 is 1.47 bits per heavy atom. The highest BCUT2D eigenvalue weighted by Gasteiger charge is 2.17. The molecule has 0 unspecified atom stereocenters. The number of hydrogen-bond donors (Lipinski definition) is 2. The van der Waals surface area contributed by atoms with Gasteiger partial charge in [-0.25, -0.2) is 4.98 Å². The molecule has 0 aliphatic rings. The van der Waals surface area contributed by atoms with Gasteiger partial charge in [0.05, 0.1) is 11.3 Å². The molecule has 0 bridgehead atoms. The van der Waals surface area contributed by atoms with Gasteiger partial charge < -0.3 is 10.4 Å². The number of aryl methyl sites for hydroxylation is 2. The van der Waals surface area contributed by atoms with Crippen LogP contribution in [-0.4, -0.2) is 37.8 Å². The molecule has 7 heteroatoms. The Hall–Kier alpha value is -2.44. The lowest BCUT2D eigenvalue weighted by Gasteiger charge is -2.08. The first kappa shape index (κ1) is 13.0. The van der Waals surface area contributed by atoms with E-state index in [2.05, 4.69) is 15.4 Å². The molecule has 19 heavy (non-hydrogen) atoms. The molecule has 1 amide bonds. The van der Waals surface area contributed by atoms with Gasteiger partial charge in [-0.1, -0.05) is 0 Å². The second-order valence-electron chi connectivity index (χ2n) is 4.34. The Kier molecular flexibility index (Phi) is 3.20. The van der Waals surface area contributed by atoms with E-state index >= 15 is 0 Å². The average molecular weight is 262 g/mol. The maximum atomic E-state index is 11.9. The minimum Gasteiger partial charge on any atom is -0.480 e. The SMILES string of the molecule is Cc1nn(C)c2ncc(C(=O)N[C@H](C)C(=O)O)cc12. The van der Waals surface area contributed by atoms with Gasteiger partial charge in [0, 0.05) is 18.6 Å². The third kappa shape index (κ3) is 2.40. The lowest BCUT2D eigenvalue weighted by molar-refractivity contribution is -0.138. The number of carboxylic acids is 1. The van der Waals surface area contributed by atoms with E-state index in [1.807, 2.05) is 6.92 Å². The fourth-order valence-electron chi connectivity index (χ4n) is 1.77. The number of amides is 1. The number of hydrogen-bond acceptors (Lipinski definition) is 4. The largest absolute Gasteiger partial charge is 0.480 e. The number of carboxylic acid groups (broad SMARTS) is 1. The fraction of sp³-hybridized carbons (Fsp3) is 0.333. The molecule has 7 nitrogen and oxygen atoms in total. The molecule has 0 fully saturated rings. The Morgan fingerprint density at radius 3 is 2.79 bits per heavy atom. The quantitative estimate of drug-likeness (QED) is 0.838. The van der Waals surface area contributed by atoms with Crippen LogP contribution in [0.5, 0.6) is 0 Å². The highest BCUT2D eigenvalue weighted by Crippen LogP contribution is 2.16. The second-order valence-corrected chi connectivity index (χ2v) is 4.34. The van der Waals surface area contributed by atoms with E-state index < -0.39 is 17.9 Å². The average Bonchev–Trinajstić information content (AvgIpc) is 2.64. The Morgan fingerprint density at radius 2 is 2.16 bits per heavy atom. The van der Waals surface area contributed by atoms with Crippen molar-refractivity contribution < 1.29 is 14.7 Å². The van der Waals surface area contributed by atoms with Crippen molar-refractivity contribution in [3.8, 4) is 0 Å². The number of aliphatic carboxylic acids is 1. The molecule has 2 N–H and O–H groups in total. The molecular formula is C12H14N4O3. The number of aromatic nitrogens is 3. The van der Waals surface area contributed by atoms with Crippen LogP contribution in [0.25, 0.3) is 11.0 Å². The maximum absolute atomic E-state index is 11.9. The van der Waals surface area contributed by atoms with Crippen LogP contribution >= 0.6 is 0 Å². The Bertz CT molecular complexity index is 662. The van der Waals surface area contributed by atoms with Gasteiger partial charge in [0.1, 0.15) is 6.04 Å². The fourth-order valence-corrected chi connectivity index (χ4v) is 1.77. The van der Waals surface area contributed by atoms with E-state index in [1.54, 1.807) is 17.8 Å². The second kappa shape index (κ2) is 4.68. The number of fused-ring (bicyclic) bond motifs is 1. The first-order valence-corrected chi connectivity index (χ1v) is 5.73. The number of pyridine rings is 1. The topological polar surface area (TPSA) is 97.1 Å². The normalized spacial score (nSPS) is 12.4. The summed E-state index contributed by atoms with van der Waals surface area (Å²) in [5, 5.41) is 16.1. The van der Waals surface area contributed by atoms with E-state index in [0.717, 1.165) is 11.1 Å². The maximum Gasteiger partial charge on any atom is 0.325 e. The molecule has 100 valence electrons. The molecule has 2 aromatic rings. The first-order valence-electron chi connectivity index (χ1n) is 5.73. The molecule has 2 aromatic heterocycles. The molecule has 0 saturated heterocycles. The standard InChI is InChI=1S/C12H14N4O3/c1-6-9-4-8(5-13-10(9)16(3)15-6)11(17)14-7(2)12(18)19/h4-5,7H,1-3H3,(H,14,17)(H,18,19)/t7-/m1/s1. The molecule has 1 atom stereocenters. The third-order valence-corrected chi connectivity index (χ3v) is 2.84. The lowest BCUT2D eigenvalue weighted by atomic mass is 10.2. The van der Waals surface area contributed by atoms with E-state index in [0.29, 0.717) is 11.2 Å². The number of carbonyl (C=O) groups excluding carboxylic acids is 1. The van der Waals surface area contributed by atoms with E-state index in [1.165, 1.54) is 13.1 Å². The minimum atomic E-state index is -1.08. The molecular weight excluding hydrogens is 248 g/mol. The van der Waals surface area contributed by atoms with Crippen LogP contribution in [-0.2, 0) is 11.8 Å². The summed E-state index contributed by atoms with van der Waals surface area (Å²) >= 11 is 0. The van der Waals surface area contributed by atoms with Gasteiger partial charge in [-0.3, -0.25) is 14.3 Å². The lowest BCUT2D eigenvalue weighted by Crippen LogP contribution is -2.38. The van der Waals surface area contributed by atoms with E-state index in [-0.39, 0.29) is 0 Å². The van der Waals surface area contributed by atoms with Crippen molar-refractivity contribution in [2.45, 2.75) is 19.9 Å². The minimum absolute atomic E-state index is 0.316. The summed E-state index contributed by atoms with van der Waals surface area (Å²) in [5.41, 5.74) is 1.77. The van der Waals surface area contributed by atoms with Gasteiger partial charge in [-0.2, -0.15) is 5.10 Å². The van der Waals surface area contributed by atoms with Gasteiger partial charge >= 0.3 is 5.97 Å². The summed E-state index contributed by atoms with van der Waals surface area (Å²) in [6.45, 7) is 3.23. The van der Waals surface area contributed by atoms with Crippen molar-refractivity contribution in [2.75, 3.05) is 0 Å². The van der Waals surface area contributed by atoms with Crippen LogP contribution in [0.2, 0.25) is 0 Å². The smallest absolute Gasteiger partial charge is 0.325 e. The number of carbonyl (C=O) groups is 2. The predicted octanol–water partition coefficient (Wildman–Crippen LogP) is 0.480.